The monoisotopic (exact) mass is 264 g/mol. The van der Waals surface area contributed by atoms with Crippen molar-refractivity contribution in [1.29, 1.82) is 0 Å². The summed E-state index contributed by atoms with van der Waals surface area (Å²) in [6.45, 7) is 0.268. The predicted molar refractivity (Wildman–Crippen MR) is 65.1 cm³/mol. The second-order valence-electron chi connectivity index (χ2n) is 3.67. The Bertz CT molecular complexity index is 691. The average Bonchev–Trinajstić information content (AvgIpc) is 2.99. The van der Waals surface area contributed by atoms with Gasteiger partial charge in [0.05, 0.1) is 10.6 Å². The summed E-state index contributed by atoms with van der Waals surface area (Å²) >= 11 is 6.29. The summed E-state index contributed by atoms with van der Waals surface area (Å²) < 4.78 is 9.94. The number of nitrogens with zero attached hydrogens (tertiary/aromatic N) is 3. The molecule has 0 fully saturated rings. The molecule has 0 bridgehead atoms. The van der Waals surface area contributed by atoms with Gasteiger partial charge in [-0.3, -0.25) is 0 Å². The average molecular weight is 265 g/mol. The van der Waals surface area contributed by atoms with Gasteiger partial charge in [0.2, 0.25) is 5.82 Å². The normalized spacial score (nSPS) is 11.2. The van der Waals surface area contributed by atoms with E-state index in [1.807, 2.05) is 6.07 Å². The number of nitrogens with one attached hydrogen (secondary N) is 1. The molecule has 18 heavy (non-hydrogen) atoms. The summed E-state index contributed by atoms with van der Waals surface area (Å²) in [5, 5.41) is 5.23. The van der Waals surface area contributed by atoms with Crippen LogP contribution in [0.25, 0.3) is 22.4 Å². The highest BCUT2D eigenvalue weighted by molar-refractivity contribution is 6.37. The lowest BCUT2D eigenvalue weighted by Crippen LogP contribution is -1.89. The first kappa shape index (κ1) is 11.2. The number of H-pyrrole nitrogens is 1. The van der Waals surface area contributed by atoms with Gasteiger partial charge in [0.15, 0.2) is 0 Å². The molecule has 0 aliphatic carbocycles. The number of pyridine rings is 1. The molecule has 0 atom stereocenters. The summed E-state index contributed by atoms with van der Waals surface area (Å²) in [4.78, 5) is 11.4. The van der Waals surface area contributed by atoms with Gasteiger partial charge >= 0.3 is 0 Å². The number of fused-ring (bicyclic) bond motifs is 1. The summed E-state index contributed by atoms with van der Waals surface area (Å²) in [5.74, 6) is 0.806. The Hall–Kier alpha value is -1.92. The molecule has 0 aliphatic heterocycles. The van der Waals surface area contributed by atoms with E-state index in [1.165, 1.54) is 0 Å². The van der Waals surface area contributed by atoms with Crippen molar-refractivity contribution in [2.24, 2.45) is 0 Å². The Morgan fingerprint density at radius 2 is 2.39 bits per heavy atom. The number of halogens is 1. The van der Waals surface area contributed by atoms with Gasteiger partial charge in [-0.1, -0.05) is 16.8 Å². The van der Waals surface area contributed by atoms with Crippen LogP contribution < -0.4 is 0 Å². The molecule has 7 heteroatoms. The summed E-state index contributed by atoms with van der Waals surface area (Å²) in [6, 6.07) is 1.85. The van der Waals surface area contributed by atoms with E-state index in [-0.39, 0.29) is 6.61 Å². The third kappa shape index (κ3) is 1.75. The summed E-state index contributed by atoms with van der Waals surface area (Å²) in [7, 11) is 1.56. The number of hydrogen-bond acceptors (Lipinski definition) is 5. The lowest BCUT2D eigenvalue weighted by Gasteiger charge is -1.99. The fourth-order valence-corrected chi connectivity index (χ4v) is 1.96. The smallest absolute Gasteiger partial charge is 0.252 e. The third-order valence-corrected chi connectivity index (χ3v) is 2.90. The van der Waals surface area contributed by atoms with Gasteiger partial charge < -0.3 is 14.2 Å². The molecule has 6 nitrogen and oxygen atoms in total. The van der Waals surface area contributed by atoms with Crippen molar-refractivity contribution >= 4 is 22.6 Å². The second-order valence-corrected chi connectivity index (χ2v) is 4.05. The molecular weight excluding hydrogens is 256 g/mol. The van der Waals surface area contributed by atoms with E-state index in [0.717, 1.165) is 11.0 Å². The van der Waals surface area contributed by atoms with Crippen molar-refractivity contribution in [1.82, 2.24) is 20.1 Å². The van der Waals surface area contributed by atoms with Crippen molar-refractivity contribution in [3.63, 3.8) is 0 Å². The van der Waals surface area contributed by atoms with Gasteiger partial charge in [0.25, 0.3) is 5.89 Å². The maximum atomic E-state index is 6.29. The van der Waals surface area contributed by atoms with E-state index in [9.17, 15) is 0 Å². The van der Waals surface area contributed by atoms with E-state index < -0.39 is 0 Å². The number of ether oxygens (including phenoxy) is 1. The number of rotatable bonds is 3. The maximum absolute atomic E-state index is 6.29. The first-order chi connectivity index (χ1) is 8.79. The van der Waals surface area contributed by atoms with Crippen LogP contribution in [-0.2, 0) is 11.3 Å². The Labute approximate surface area is 107 Å². The molecule has 0 spiro atoms. The van der Waals surface area contributed by atoms with Crippen LogP contribution in [0.2, 0.25) is 5.02 Å². The van der Waals surface area contributed by atoms with E-state index >= 15 is 0 Å². The number of methoxy groups -OCH3 is 1. The first-order valence-corrected chi connectivity index (χ1v) is 5.61. The molecule has 0 saturated carbocycles. The van der Waals surface area contributed by atoms with E-state index in [1.54, 1.807) is 19.5 Å². The molecular formula is C11H9ClN4O2. The van der Waals surface area contributed by atoms with Crippen molar-refractivity contribution in [2.75, 3.05) is 7.11 Å². The van der Waals surface area contributed by atoms with Crippen LogP contribution in [0.4, 0.5) is 0 Å². The van der Waals surface area contributed by atoms with Crippen molar-refractivity contribution in [3.8, 4) is 11.4 Å². The van der Waals surface area contributed by atoms with Gasteiger partial charge in [0.1, 0.15) is 12.3 Å². The number of aromatic amines is 1. The molecule has 1 N–H and O–H groups in total. The highest BCUT2D eigenvalue weighted by Gasteiger charge is 2.15. The number of aromatic nitrogens is 4. The van der Waals surface area contributed by atoms with Crippen molar-refractivity contribution in [3.05, 3.63) is 29.4 Å². The van der Waals surface area contributed by atoms with Crippen LogP contribution in [0, 0.1) is 0 Å². The van der Waals surface area contributed by atoms with Crippen LogP contribution in [0.5, 0.6) is 0 Å². The predicted octanol–water partition coefficient (Wildman–Crippen LogP) is 2.41. The minimum absolute atomic E-state index is 0.268. The Morgan fingerprint density at radius 3 is 3.22 bits per heavy atom. The molecule has 3 aromatic heterocycles. The second kappa shape index (κ2) is 4.40. The van der Waals surface area contributed by atoms with Gasteiger partial charge in [-0.15, -0.1) is 0 Å². The molecule has 3 aromatic rings. The van der Waals surface area contributed by atoms with E-state index in [0.29, 0.717) is 22.3 Å². The largest absolute Gasteiger partial charge is 0.375 e. The topological polar surface area (TPSA) is 76.8 Å². The Balaban J connectivity index is 2.09. The molecule has 3 heterocycles. The molecule has 3 rings (SSSR count). The summed E-state index contributed by atoms with van der Waals surface area (Å²) in [6.07, 6.45) is 3.39. The van der Waals surface area contributed by atoms with Crippen molar-refractivity contribution < 1.29 is 9.26 Å². The Kier molecular flexibility index (Phi) is 2.73. The van der Waals surface area contributed by atoms with E-state index in [4.69, 9.17) is 20.9 Å². The van der Waals surface area contributed by atoms with Gasteiger partial charge in [-0.25, -0.2) is 4.98 Å². The maximum Gasteiger partial charge on any atom is 0.252 e. The minimum atomic E-state index is 0.268. The van der Waals surface area contributed by atoms with Crippen molar-refractivity contribution in [2.45, 2.75) is 6.61 Å². The van der Waals surface area contributed by atoms with Crippen LogP contribution in [0.3, 0.4) is 0 Å². The van der Waals surface area contributed by atoms with Gasteiger partial charge in [0, 0.05) is 24.9 Å². The highest BCUT2D eigenvalue weighted by Crippen LogP contribution is 2.31. The van der Waals surface area contributed by atoms with Gasteiger partial charge in [-0.2, -0.15) is 4.98 Å². The molecule has 0 radical (unpaired) electrons. The standard InChI is InChI=1S/C11H9ClN4O2/c1-17-5-8-15-11(16-18-8)7-4-14-10-6(9(7)12)2-3-13-10/h2-4H,5H2,1H3,(H,13,14). The molecule has 0 aromatic carbocycles. The van der Waals surface area contributed by atoms with Crippen LogP contribution >= 0.6 is 11.6 Å². The summed E-state index contributed by atoms with van der Waals surface area (Å²) in [5.41, 5.74) is 1.36. The van der Waals surface area contributed by atoms with Gasteiger partial charge in [-0.05, 0) is 6.07 Å². The van der Waals surface area contributed by atoms with E-state index in [2.05, 4.69) is 20.1 Å². The fourth-order valence-electron chi connectivity index (χ4n) is 1.68. The highest BCUT2D eigenvalue weighted by atomic mass is 35.5. The zero-order chi connectivity index (χ0) is 12.5. The zero-order valence-corrected chi connectivity index (χ0v) is 10.2. The fraction of sp³-hybridized carbons (Fsp3) is 0.182. The van der Waals surface area contributed by atoms with Crippen LogP contribution in [0.15, 0.2) is 23.0 Å². The van der Waals surface area contributed by atoms with Crippen LogP contribution in [-0.4, -0.2) is 27.2 Å². The minimum Gasteiger partial charge on any atom is -0.375 e. The lowest BCUT2D eigenvalue weighted by atomic mass is 10.2. The molecule has 0 saturated heterocycles. The Morgan fingerprint density at radius 1 is 1.50 bits per heavy atom. The van der Waals surface area contributed by atoms with Crippen LogP contribution in [0.1, 0.15) is 5.89 Å². The molecule has 92 valence electrons. The zero-order valence-electron chi connectivity index (χ0n) is 9.48. The SMILES string of the molecule is COCc1nc(-c2cnc3[nH]ccc3c2Cl)no1. The first-order valence-electron chi connectivity index (χ1n) is 5.23. The molecule has 0 aliphatic rings. The molecule has 0 amide bonds. The number of hydrogen-bond donors (Lipinski definition) is 1. The lowest BCUT2D eigenvalue weighted by molar-refractivity contribution is 0.151. The quantitative estimate of drug-likeness (QED) is 0.786. The third-order valence-electron chi connectivity index (χ3n) is 2.50. The molecule has 0 unspecified atom stereocenters.